The second-order valence-corrected chi connectivity index (χ2v) is 7.88. The van der Waals surface area contributed by atoms with Crippen LogP contribution in [0.1, 0.15) is 10.5 Å². The van der Waals surface area contributed by atoms with Gasteiger partial charge in [0.15, 0.2) is 17.2 Å². The second kappa shape index (κ2) is 7.38. The van der Waals surface area contributed by atoms with Crippen LogP contribution in [0.2, 0.25) is 0 Å². The first-order valence-corrected chi connectivity index (χ1v) is 10.7. The molecule has 9 nitrogen and oxygen atoms in total. The van der Waals surface area contributed by atoms with Gasteiger partial charge in [-0.2, -0.15) is 8.75 Å². The predicted molar refractivity (Wildman–Crippen MR) is 124 cm³/mol. The molecular weight excluding hydrogens is 444 g/mol. The summed E-state index contributed by atoms with van der Waals surface area (Å²) in [6.07, 6.45) is 0. The Hall–Kier alpha value is -4.31. The number of hydrogen-bond donors (Lipinski definition) is 2. The molecule has 0 spiro atoms. The number of hydrogen-bond acceptors (Lipinski definition) is 8. The van der Waals surface area contributed by atoms with E-state index < -0.39 is 5.97 Å². The van der Waals surface area contributed by atoms with Crippen molar-refractivity contribution in [2.75, 3.05) is 19.2 Å². The fraction of sp³-hybridized carbons (Fsp3) is 0.0870. The Morgan fingerprint density at radius 1 is 1.12 bits per heavy atom. The van der Waals surface area contributed by atoms with Crippen LogP contribution in [0.25, 0.3) is 27.6 Å². The SMILES string of the molecule is COc1ccc2c(c1)c(Nc1cccc3nsnc13)c(C(=O)O)n2-c1ccc2c(c1)OCO2. The number of nitrogens with one attached hydrogen (secondary N) is 1. The van der Waals surface area contributed by atoms with E-state index in [0.29, 0.717) is 50.7 Å². The zero-order valence-corrected chi connectivity index (χ0v) is 18.0. The molecule has 2 aromatic heterocycles. The van der Waals surface area contributed by atoms with Crippen LogP contribution in [0.15, 0.2) is 54.6 Å². The molecule has 0 bridgehead atoms. The third kappa shape index (κ3) is 3.03. The number of methoxy groups -OCH3 is 1. The van der Waals surface area contributed by atoms with Crippen LogP contribution in [0, 0.1) is 0 Å². The summed E-state index contributed by atoms with van der Waals surface area (Å²) in [5.41, 5.74) is 3.89. The normalized spacial score (nSPS) is 12.4. The van der Waals surface area contributed by atoms with Crippen LogP contribution >= 0.6 is 11.7 Å². The topological polar surface area (TPSA) is 108 Å². The highest BCUT2D eigenvalue weighted by molar-refractivity contribution is 7.00. The Labute approximate surface area is 191 Å². The van der Waals surface area contributed by atoms with E-state index in [1.54, 1.807) is 35.9 Å². The number of fused-ring (bicyclic) bond motifs is 3. The number of rotatable bonds is 5. The van der Waals surface area contributed by atoms with Gasteiger partial charge in [-0.25, -0.2) is 4.79 Å². The van der Waals surface area contributed by atoms with Gasteiger partial charge < -0.3 is 29.2 Å². The first kappa shape index (κ1) is 19.4. The molecule has 6 rings (SSSR count). The molecule has 0 unspecified atom stereocenters. The van der Waals surface area contributed by atoms with Crippen molar-refractivity contribution >= 4 is 51.0 Å². The number of benzene rings is 3. The Morgan fingerprint density at radius 2 is 2.00 bits per heavy atom. The maximum absolute atomic E-state index is 12.6. The molecule has 33 heavy (non-hydrogen) atoms. The van der Waals surface area contributed by atoms with Crippen molar-refractivity contribution in [1.82, 2.24) is 13.3 Å². The van der Waals surface area contributed by atoms with E-state index >= 15 is 0 Å². The molecular formula is C23H16N4O5S. The van der Waals surface area contributed by atoms with Crippen LogP contribution in [0.3, 0.4) is 0 Å². The smallest absolute Gasteiger partial charge is 0.355 e. The van der Waals surface area contributed by atoms with Crippen molar-refractivity contribution in [2.24, 2.45) is 0 Å². The average Bonchev–Trinajstić information content (AvgIpc) is 3.56. The fourth-order valence-corrected chi connectivity index (χ4v) is 4.61. The molecule has 0 fully saturated rings. The van der Waals surface area contributed by atoms with Crippen LogP contribution in [0.4, 0.5) is 11.4 Å². The zero-order valence-electron chi connectivity index (χ0n) is 17.2. The lowest BCUT2D eigenvalue weighted by Gasteiger charge is -2.11. The molecule has 1 aliphatic heterocycles. The molecule has 1 aliphatic rings. The summed E-state index contributed by atoms with van der Waals surface area (Å²) in [7, 11) is 1.57. The van der Waals surface area contributed by atoms with Gasteiger partial charge in [-0.15, -0.1) is 0 Å². The Bertz CT molecular complexity index is 1560. The van der Waals surface area contributed by atoms with Crippen molar-refractivity contribution < 1.29 is 24.1 Å². The van der Waals surface area contributed by atoms with Gasteiger partial charge in [0.2, 0.25) is 6.79 Å². The van der Waals surface area contributed by atoms with Crippen molar-refractivity contribution in [1.29, 1.82) is 0 Å². The molecule has 3 heterocycles. The minimum atomic E-state index is -1.09. The van der Waals surface area contributed by atoms with Gasteiger partial charge in [0.05, 0.1) is 41.4 Å². The van der Waals surface area contributed by atoms with Crippen LogP contribution in [-0.2, 0) is 0 Å². The molecule has 2 N–H and O–H groups in total. The highest BCUT2D eigenvalue weighted by Gasteiger charge is 2.26. The molecule has 0 amide bonds. The number of ether oxygens (including phenoxy) is 3. The summed E-state index contributed by atoms with van der Waals surface area (Å²) in [5.74, 6) is 0.703. The largest absolute Gasteiger partial charge is 0.497 e. The minimum absolute atomic E-state index is 0.0670. The van der Waals surface area contributed by atoms with E-state index in [2.05, 4.69) is 14.1 Å². The lowest BCUT2D eigenvalue weighted by molar-refractivity contribution is 0.0689. The molecule has 0 atom stereocenters. The standard InChI is InChI=1S/C23H16N4O5S/c1-30-13-6-7-17-14(10-13)20(24-15-3-2-4-16-21(15)26-33-25-16)22(23(28)29)27(17)12-5-8-18-19(9-12)32-11-31-18/h2-10,24H,11H2,1H3,(H,28,29). The lowest BCUT2D eigenvalue weighted by Crippen LogP contribution is -2.09. The monoisotopic (exact) mass is 460 g/mol. The fourth-order valence-electron chi connectivity index (χ4n) is 4.06. The molecule has 5 aromatic rings. The lowest BCUT2D eigenvalue weighted by atomic mass is 10.2. The predicted octanol–water partition coefficient (Wildman–Crippen LogP) is 4.81. The molecule has 0 aliphatic carbocycles. The zero-order chi connectivity index (χ0) is 22.5. The van der Waals surface area contributed by atoms with Gasteiger partial charge >= 0.3 is 5.97 Å². The van der Waals surface area contributed by atoms with Gasteiger partial charge in [-0.05, 0) is 42.5 Å². The van der Waals surface area contributed by atoms with E-state index in [1.165, 1.54) is 0 Å². The maximum Gasteiger partial charge on any atom is 0.355 e. The summed E-state index contributed by atoms with van der Waals surface area (Å²) >= 11 is 1.10. The number of nitrogens with zero attached hydrogens (tertiary/aromatic N) is 3. The summed E-state index contributed by atoms with van der Waals surface area (Å²) in [6.45, 7) is 0.132. The second-order valence-electron chi connectivity index (χ2n) is 7.35. The van der Waals surface area contributed by atoms with Crippen molar-refractivity contribution in [3.8, 4) is 22.9 Å². The molecule has 3 aromatic carbocycles. The molecule has 10 heteroatoms. The number of anilines is 2. The van der Waals surface area contributed by atoms with Gasteiger partial charge in [0, 0.05) is 11.5 Å². The van der Waals surface area contributed by atoms with E-state index in [4.69, 9.17) is 14.2 Å². The van der Waals surface area contributed by atoms with Crippen molar-refractivity contribution in [2.45, 2.75) is 0 Å². The van der Waals surface area contributed by atoms with Gasteiger partial charge in [-0.1, -0.05) is 6.07 Å². The van der Waals surface area contributed by atoms with E-state index in [9.17, 15) is 9.90 Å². The van der Waals surface area contributed by atoms with Crippen molar-refractivity contribution in [3.63, 3.8) is 0 Å². The third-order valence-electron chi connectivity index (χ3n) is 5.54. The van der Waals surface area contributed by atoms with E-state index in [1.807, 2.05) is 30.3 Å². The van der Waals surface area contributed by atoms with Crippen molar-refractivity contribution in [3.05, 3.63) is 60.3 Å². The highest BCUT2D eigenvalue weighted by Crippen LogP contribution is 2.41. The number of aromatic nitrogens is 3. The van der Waals surface area contributed by atoms with Gasteiger partial charge in [-0.3, -0.25) is 0 Å². The first-order chi connectivity index (χ1) is 16.1. The van der Waals surface area contributed by atoms with Gasteiger partial charge in [0.25, 0.3) is 0 Å². The quantitative estimate of drug-likeness (QED) is 0.385. The average molecular weight is 460 g/mol. The summed E-state index contributed by atoms with van der Waals surface area (Å²) in [5, 5.41) is 14.3. The van der Waals surface area contributed by atoms with Crippen LogP contribution in [-0.4, -0.2) is 38.3 Å². The summed E-state index contributed by atoms with van der Waals surface area (Å²) in [6, 6.07) is 16.4. The molecule has 164 valence electrons. The Balaban J connectivity index is 1.63. The minimum Gasteiger partial charge on any atom is -0.497 e. The molecule has 0 radical (unpaired) electrons. The number of carboxylic acids is 1. The van der Waals surface area contributed by atoms with E-state index in [0.717, 1.165) is 17.2 Å². The van der Waals surface area contributed by atoms with Gasteiger partial charge in [0.1, 0.15) is 16.8 Å². The van der Waals surface area contributed by atoms with Crippen LogP contribution < -0.4 is 19.5 Å². The number of carbonyl (C=O) groups is 1. The Morgan fingerprint density at radius 3 is 2.85 bits per heavy atom. The molecule has 0 saturated carbocycles. The highest BCUT2D eigenvalue weighted by atomic mass is 32.1. The number of carboxylic acid groups (broad SMARTS) is 1. The third-order valence-corrected chi connectivity index (χ3v) is 6.08. The van der Waals surface area contributed by atoms with Crippen LogP contribution in [0.5, 0.6) is 17.2 Å². The summed E-state index contributed by atoms with van der Waals surface area (Å²) < 4.78 is 26.7. The number of aromatic carboxylic acids is 1. The maximum atomic E-state index is 12.6. The summed E-state index contributed by atoms with van der Waals surface area (Å²) in [4.78, 5) is 12.6. The molecule has 0 saturated heterocycles. The van der Waals surface area contributed by atoms with E-state index in [-0.39, 0.29) is 12.5 Å². The first-order valence-electron chi connectivity index (χ1n) is 9.98. The Kier molecular flexibility index (Phi) is 4.34.